The van der Waals surface area contributed by atoms with Crippen LogP contribution < -0.4 is 15.5 Å². The molecular formula is C61H90F3N5O14. The number of amides is 3. The number of carbonyl (C=O) groups is 3. The van der Waals surface area contributed by atoms with Crippen molar-refractivity contribution in [1.82, 2.24) is 15.2 Å². The number of aryl methyl sites for hydroxylation is 1. The first kappa shape index (κ1) is 71.6. The predicted molar refractivity (Wildman–Crippen MR) is 312 cm³/mol. The van der Waals surface area contributed by atoms with Crippen molar-refractivity contribution in [2.45, 2.75) is 59.2 Å². The summed E-state index contributed by atoms with van der Waals surface area (Å²) in [6.45, 7) is 18.9. The summed E-state index contributed by atoms with van der Waals surface area (Å²) in [6.07, 6.45) is -0.162. The molecule has 0 bridgehead atoms. The molecule has 0 saturated heterocycles. The highest BCUT2D eigenvalue weighted by Gasteiger charge is 2.30. The Bertz CT molecular complexity index is 2340. The first-order valence-corrected chi connectivity index (χ1v) is 28.5. The number of aromatic nitrogens is 1. The molecule has 0 saturated carbocycles. The van der Waals surface area contributed by atoms with Gasteiger partial charge in [-0.15, -0.1) is 0 Å². The second kappa shape index (κ2) is 44.8. The third-order valence-corrected chi connectivity index (χ3v) is 12.0. The van der Waals surface area contributed by atoms with Gasteiger partial charge in [-0.3, -0.25) is 19.4 Å². The second-order valence-electron chi connectivity index (χ2n) is 18.6. The van der Waals surface area contributed by atoms with E-state index in [4.69, 9.17) is 52.1 Å². The van der Waals surface area contributed by atoms with Crippen LogP contribution in [0.4, 0.5) is 24.5 Å². The highest BCUT2D eigenvalue weighted by Crippen LogP contribution is 2.33. The minimum atomic E-state index is -4.49. The standard InChI is InChI=1S/C45H56F3N5O7.C16H34O7/c1-5-53(6-2)38-15-16-40(39(31-38)41-30-36(17-19-49-41)43(55)50-32-34-11-8-14-37(29-34)45(46,47)48)51-44(56)35-13-7-10-33(28-35)12-9-20-57-22-24-59-26-27-60-25-23-58-21-18-42(54)52(3)4;1-3-4-18-7-8-20-11-12-22-15-16-23-14-13-21-10-9-19-6-5-17-2/h7-8,10-11,13-17,19,28-31H,5-6,9,12,18,20-27,32H2,1-4H3,(H,50,55)(H,51,56);3-16H2,1-2H3. The monoisotopic (exact) mass is 1170 g/mol. The normalized spacial score (nSPS) is 11.3. The molecule has 0 spiro atoms. The van der Waals surface area contributed by atoms with E-state index in [-0.39, 0.29) is 23.9 Å². The van der Waals surface area contributed by atoms with Gasteiger partial charge in [0.25, 0.3) is 11.8 Å². The van der Waals surface area contributed by atoms with E-state index in [1.165, 1.54) is 29.3 Å². The second-order valence-corrected chi connectivity index (χ2v) is 18.6. The third kappa shape index (κ3) is 32.3. The van der Waals surface area contributed by atoms with Crippen LogP contribution in [0.2, 0.25) is 0 Å². The molecular weight excluding hydrogens is 1080 g/mol. The van der Waals surface area contributed by atoms with E-state index in [0.29, 0.717) is 173 Å². The Labute approximate surface area is 489 Å². The van der Waals surface area contributed by atoms with Crippen LogP contribution in [-0.4, -0.2) is 201 Å². The molecule has 3 aromatic carbocycles. The fourth-order valence-corrected chi connectivity index (χ4v) is 7.57. The highest BCUT2D eigenvalue weighted by atomic mass is 19.4. The highest BCUT2D eigenvalue weighted by molar-refractivity contribution is 6.06. The SMILES string of the molecule is CCCOCCOCCOCCOCCOCCOCCOC.CCN(CC)c1ccc(NC(=O)c2cccc(CCCOCCOCCOCCOCCC(=O)N(C)C)c2)c(-c2cc(C(=O)NCc3cccc(C(F)(F)F)c3)ccn2)c1. The topological polar surface area (TPSA) is 196 Å². The molecule has 0 unspecified atom stereocenters. The minimum Gasteiger partial charge on any atom is -0.382 e. The molecule has 83 heavy (non-hydrogen) atoms. The predicted octanol–water partition coefficient (Wildman–Crippen LogP) is 8.42. The fraction of sp³-hybridized carbons (Fsp3) is 0.574. The zero-order valence-corrected chi connectivity index (χ0v) is 49.6. The summed E-state index contributed by atoms with van der Waals surface area (Å²) in [6, 6.07) is 21.0. The number of nitrogens with one attached hydrogen (secondary N) is 2. The molecule has 3 amide bonds. The van der Waals surface area contributed by atoms with Gasteiger partial charge in [-0.25, -0.2) is 0 Å². The van der Waals surface area contributed by atoms with Gasteiger partial charge in [0.15, 0.2) is 0 Å². The van der Waals surface area contributed by atoms with Crippen molar-refractivity contribution in [3.8, 4) is 11.3 Å². The number of nitrogens with zero attached hydrogens (tertiary/aromatic N) is 3. The average molecular weight is 1170 g/mol. The van der Waals surface area contributed by atoms with E-state index < -0.39 is 17.6 Å². The van der Waals surface area contributed by atoms with Crippen molar-refractivity contribution < 1.29 is 79.7 Å². The third-order valence-electron chi connectivity index (χ3n) is 12.0. The molecule has 0 aliphatic heterocycles. The quantitative estimate of drug-likeness (QED) is 0.0400. The fourth-order valence-electron chi connectivity index (χ4n) is 7.57. The number of ether oxygens (including phenoxy) is 11. The van der Waals surface area contributed by atoms with Crippen molar-refractivity contribution in [2.75, 3.05) is 183 Å². The summed E-state index contributed by atoms with van der Waals surface area (Å²) in [4.78, 5) is 46.6. The molecule has 0 aliphatic rings. The van der Waals surface area contributed by atoms with Crippen molar-refractivity contribution >= 4 is 29.1 Å². The number of pyridine rings is 1. The van der Waals surface area contributed by atoms with Gasteiger partial charge >= 0.3 is 6.18 Å². The number of halogens is 3. The lowest BCUT2D eigenvalue weighted by Gasteiger charge is -2.23. The molecule has 1 aromatic heterocycles. The van der Waals surface area contributed by atoms with Gasteiger partial charge in [0.1, 0.15) is 0 Å². The van der Waals surface area contributed by atoms with Crippen LogP contribution >= 0.6 is 0 Å². The maximum atomic E-state index is 13.7. The van der Waals surface area contributed by atoms with Gasteiger partial charge in [-0.1, -0.05) is 31.2 Å². The first-order chi connectivity index (χ1) is 40.3. The summed E-state index contributed by atoms with van der Waals surface area (Å²) in [5.74, 6) is -0.771. The largest absolute Gasteiger partial charge is 0.416 e. The van der Waals surface area contributed by atoms with Crippen LogP contribution in [0, 0.1) is 0 Å². The smallest absolute Gasteiger partial charge is 0.382 e. The average Bonchev–Trinajstić information content (AvgIpc) is 3.69. The Morgan fingerprint density at radius 2 is 1.05 bits per heavy atom. The van der Waals surface area contributed by atoms with E-state index in [1.54, 1.807) is 33.3 Å². The van der Waals surface area contributed by atoms with E-state index in [2.05, 4.69) is 27.4 Å². The summed E-state index contributed by atoms with van der Waals surface area (Å²) in [5.41, 5.74) is 3.68. The van der Waals surface area contributed by atoms with Crippen LogP contribution in [0.1, 0.15) is 77.4 Å². The Hall–Kier alpha value is -5.63. The Morgan fingerprint density at radius 3 is 1.58 bits per heavy atom. The van der Waals surface area contributed by atoms with Crippen molar-refractivity contribution in [3.05, 3.63) is 113 Å². The van der Waals surface area contributed by atoms with Gasteiger partial charge in [0.05, 0.1) is 149 Å². The molecule has 1 heterocycles. The van der Waals surface area contributed by atoms with Crippen LogP contribution in [0.5, 0.6) is 0 Å². The molecule has 0 radical (unpaired) electrons. The molecule has 0 fully saturated rings. The van der Waals surface area contributed by atoms with Crippen LogP contribution in [0.15, 0.2) is 85.1 Å². The minimum absolute atomic E-state index is 0.0265. The molecule has 22 heteroatoms. The van der Waals surface area contributed by atoms with E-state index in [0.717, 1.165) is 55.9 Å². The van der Waals surface area contributed by atoms with Gasteiger partial charge < -0.3 is 72.5 Å². The van der Waals surface area contributed by atoms with Gasteiger partial charge in [-0.2, -0.15) is 13.2 Å². The number of benzene rings is 3. The number of anilines is 2. The van der Waals surface area contributed by atoms with E-state index in [1.807, 2.05) is 50.2 Å². The van der Waals surface area contributed by atoms with Gasteiger partial charge in [0.2, 0.25) is 5.91 Å². The van der Waals surface area contributed by atoms with Crippen molar-refractivity contribution in [2.24, 2.45) is 0 Å². The summed E-state index contributed by atoms with van der Waals surface area (Å²) in [5, 5.41) is 5.74. The van der Waals surface area contributed by atoms with Crippen LogP contribution in [0.3, 0.4) is 0 Å². The van der Waals surface area contributed by atoms with Crippen LogP contribution in [0.25, 0.3) is 11.3 Å². The van der Waals surface area contributed by atoms with Gasteiger partial charge in [-0.05, 0) is 98.8 Å². The molecule has 464 valence electrons. The van der Waals surface area contributed by atoms with Crippen molar-refractivity contribution in [1.29, 1.82) is 0 Å². The Balaban J connectivity index is 0.000000660. The summed E-state index contributed by atoms with van der Waals surface area (Å²) in [7, 11) is 5.08. The number of alkyl halides is 3. The number of carbonyl (C=O) groups excluding carboxylic acids is 3. The lowest BCUT2D eigenvalue weighted by molar-refractivity contribution is -0.137. The number of hydrogen-bond acceptors (Lipinski definition) is 16. The Morgan fingerprint density at radius 1 is 0.542 bits per heavy atom. The lowest BCUT2D eigenvalue weighted by Crippen LogP contribution is -2.23. The number of hydrogen-bond donors (Lipinski definition) is 2. The maximum Gasteiger partial charge on any atom is 0.416 e. The molecule has 2 N–H and O–H groups in total. The zero-order valence-electron chi connectivity index (χ0n) is 49.6. The van der Waals surface area contributed by atoms with E-state index >= 15 is 0 Å². The Kier molecular flexibility index (Phi) is 38.7. The van der Waals surface area contributed by atoms with E-state index in [9.17, 15) is 27.6 Å². The van der Waals surface area contributed by atoms with Crippen LogP contribution in [-0.2, 0) is 76.0 Å². The molecule has 0 atom stereocenters. The molecule has 4 rings (SSSR count). The zero-order chi connectivity index (χ0) is 60.2. The number of rotatable bonds is 45. The first-order valence-electron chi connectivity index (χ1n) is 28.5. The summed E-state index contributed by atoms with van der Waals surface area (Å²) < 4.78 is 98.7. The van der Waals surface area contributed by atoms with Crippen molar-refractivity contribution in [3.63, 3.8) is 0 Å². The molecule has 0 aliphatic carbocycles. The maximum absolute atomic E-state index is 13.7. The molecule has 19 nitrogen and oxygen atoms in total. The van der Waals surface area contributed by atoms with Gasteiger partial charge in [0, 0.05) is 82.6 Å². The number of methoxy groups -OCH3 is 1. The lowest BCUT2D eigenvalue weighted by atomic mass is 10.0. The summed E-state index contributed by atoms with van der Waals surface area (Å²) >= 11 is 0. The molecule has 4 aromatic rings.